The van der Waals surface area contributed by atoms with Crippen molar-refractivity contribution in [3.05, 3.63) is 71.8 Å². The molecule has 0 bridgehead atoms. The molecule has 1 aliphatic heterocycles. The number of rotatable bonds is 6. The summed E-state index contributed by atoms with van der Waals surface area (Å²) in [6.45, 7) is 4.43. The predicted octanol–water partition coefficient (Wildman–Crippen LogP) is 2.15. The van der Waals surface area contributed by atoms with Gasteiger partial charge in [-0.05, 0) is 32.0 Å². The van der Waals surface area contributed by atoms with Crippen molar-refractivity contribution in [2.75, 3.05) is 33.3 Å². The van der Waals surface area contributed by atoms with Gasteiger partial charge in [-0.25, -0.2) is 9.67 Å². The summed E-state index contributed by atoms with van der Waals surface area (Å²) in [4.78, 5) is 49.9. The maximum absolute atomic E-state index is 13.4. The number of aromatic nitrogens is 4. The molecule has 38 heavy (non-hydrogen) atoms. The number of fused-ring (bicyclic) bond motifs is 1. The number of piperazine rings is 1. The summed E-state index contributed by atoms with van der Waals surface area (Å²) in [5, 5.41) is 15.1. The van der Waals surface area contributed by atoms with E-state index >= 15 is 0 Å². The summed E-state index contributed by atoms with van der Waals surface area (Å²) in [7, 11) is 1.46. The lowest BCUT2D eigenvalue weighted by Crippen LogP contribution is -2.52. The first kappa shape index (κ1) is 25.2. The van der Waals surface area contributed by atoms with Crippen LogP contribution in [0, 0.1) is 0 Å². The highest BCUT2D eigenvalue weighted by Crippen LogP contribution is 2.32. The second-order valence-corrected chi connectivity index (χ2v) is 9.59. The van der Waals surface area contributed by atoms with E-state index in [1.54, 1.807) is 55.3 Å². The van der Waals surface area contributed by atoms with E-state index < -0.39 is 17.3 Å². The van der Waals surface area contributed by atoms with Crippen LogP contribution in [0.2, 0.25) is 0 Å². The molecule has 0 radical (unpaired) electrons. The van der Waals surface area contributed by atoms with Crippen molar-refractivity contribution in [3.63, 3.8) is 0 Å². The lowest BCUT2D eigenvalue weighted by Gasteiger charge is -2.34. The monoisotopic (exact) mass is 516 g/mol. The van der Waals surface area contributed by atoms with E-state index in [2.05, 4.69) is 15.1 Å². The largest absolute Gasteiger partial charge is 0.494 e. The highest BCUT2D eigenvalue weighted by molar-refractivity contribution is 6.45. The number of hydrogen-bond acceptors (Lipinski definition) is 7. The molecule has 2 N–H and O–H groups in total. The first-order chi connectivity index (χ1) is 18.2. The van der Waals surface area contributed by atoms with Crippen molar-refractivity contribution in [2.24, 2.45) is 0 Å². The number of methoxy groups -OCH3 is 1. The molecule has 11 heteroatoms. The number of Topliss-reactive ketones (excluding diaryl/α,β-unsaturated/α-hetero) is 1. The number of aliphatic hydroxyl groups is 1. The van der Waals surface area contributed by atoms with E-state index in [1.807, 2.05) is 6.07 Å². The van der Waals surface area contributed by atoms with Crippen molar-refractivity contribution < 1.29 is 24.2 Å². The second-order valence-electron chi connectivity index (χ2n) is 9.59. The van der Waals surface area contributed by atoms with Crippen molar-refractivity contribution >= 4 is 28.5 Å². The van der Waals surface area contributed by atoms with Gasteiger partial charge in [-0.3, -0.25) is 14.4 Å². The minimum absolute atomic E-state index is 0.100. The van der Waals surface area contributed by atoms with E-state index in [9.17, 15) is 19.5 Å². The lowest BCUT2D eigenvalue weighted by molar-refractivity contribution is -0.127. The summed E-state index contributed by atoms with van der Waals surface area (Å²) >= 11 is 0. The Balaban J connectivity index is 1.38. The number of H-pyrrole nitrogens is 1. The number of benzene rings is 1. The van der Waals surface area contributed by atoms with E-state index in [0.29, 0.717) is 46.8 Å². The Morgan fingerprint density at radius 3 is 2.34 bits per heavy atom. The molecule has 2 amide bonds. The first-order valence-corrected chi connectivity index (χ1v) is 12.2. The van der Waals surface area contributed by atoms with Crippen LogP contribution < -0.4 is 4.74 Å². The van der Waals surface area contributed by atoms with Crippen LogP contribution in [0.3, 0.4) is 0 Å². The first-order valence-electron chi connectivity index (χ1n) is 12.2. The fraction of sp³-hybridized carbons (Fsp3) is 0.296. The van der Waals surface area contributed by atoms with Crippen LogP contribution in [0.25, 0.3) is 16.7 Å². The third-order valence-electron chi connectivity index (χ3n) is 6.62. The van der Waals surface area contributed by atoms with Crippen molar-refractivity contribution in [1.82, 2.24) is 29.5 Å². The third kappa shape index (κ3) is 4.52. The lowest BCUT2D eigenvalue weighted by atomic mass is 10.1. The van der Waals surface area contributed by atoms with Crippen molar-refractivity contribution in [1.29, 1.82) is 0 Å². The Hall–Kier alpha value is -4.51. The number of ether oxygens (including phenoxy) is 1. The third-order valence-corrected chi connectivity index (χ3v) is 6.62. The van der Waals surface area contributed by atoms with Gasteiger partial charge in [-0.2, -0.15) is 5.10 Å². The Morgan fingerprint density at radius 1 is 1.03 bits per heavy atom. The van der Waals surface area contributed by atoms with Gasteiger partial charge in [0.1, 0.15) is 11.4 Å². The molecule has 0 spiro atoms. The summed E-state index contributed by atoms with van der Waals surface area (Å²) in [6.07, 6.45) is 4.59. The fourth-order valence-corrected chi connectivity index (χ4v) is 4.51. The van der Waals surface area contributed by atoms with Crippen LogP contribution in [0.5, 0.6) is 5.75 Å². The quantitative estimate of drug-likeness (QED) is 0.296. The van der Waals surface area contributed by atoms with Gasteiger partial charge in [-0.15, -0.1) is 0 Å². The van der Waals surface area contributed by atoms with Gasteiger partial charge in [0.25, 0.3) is 17.6 Å². The van der Waals surface area contributed by atoms with Crippen LogP contribution in [0.4, 0.5) is 0 Å². The molecular formula is C27H28N6O5. The van der Waals surface area contributed by atoms with Gasteiger partial charge < -0.3 is 24.6 Å². The summed E-state index contributed by atoms with van der Waals surface area (Å²) in [6, 6.07) is 10.6. The van der Waals surface area contributed by atoms with Gasteiger partial charge in [0.05, 0.1) is 35.5 Å². The predicted molar refractivity (Wildman–Crippen MR) is 138 cm³/mol. The molecule has 5 rings (SSSR count). The molecule has 0 unspecified atom stereocenters. The van der Waals surface area contributed by atoms with Crippen molar-refractivity contribution in [3.8, 4) is 11.6 Å². The summed E-state index contributed by atoms with van der Waals surface area (Å²) < 4.78 is 6.95. The minimum Gasteiger partial charge on any atom is -0.494 e. The molecule has 3 aromatic heterocycles. The van der Waals surface area contributed by atoms with Gasteiger partial charge in [-0.1, -0.05) is 18.2 Å². The van der Waals surface area contributed by atoms with E-state index in [-0.39, 0.29) is 24.6 Å². The molecule has 1 saturated heterocycles. The second kappa shape index (κ2) is 9.75. The standard InChI is InChI=1S/C27H28N6O5/c1-27(2,37)20-9-10-33(30-20)24-22-21(19(38-3)16-29-24)18(15-28-22)23(34)26(36)32-13-11-31(12-14-32)25(35)17-7-5-4-6-8-17/h4-10,15-16,28,37H,11-14H2,1-3H3. The number of nitrogens with zero attached hydrogens (tertiary/aromatic N) is 5. The zero-order valence-corrected chi connectivity index (χ0v) is 21.3. The van der Waals surface area contributed by atoms with E-state index in [4.69, 9.17) is 4.74 Å². The Labute approximate surface area is 218 Å². The Bertz CT molecular complexity index is 1510. The molecule has 0 atom stereocenters. The number of ketones is 1. The average Bonchev–Trinajstić information content (AvgIpc) is 3.60. The topological polar surface area (TPSA) is 134 Å². The normalized spacial score (nSPS) is 14.1. The molecule has 196 valence electrons. The Kier molecular flexibility index (Phi) is 6.45. The van der Waals surface area contributed by atoms with Crippen LogP contribution in [-0.4, -0.2) is 85.5 Å². The fourth-order valence-electron chi connectivity index (χ4n) is 4.51. The number of hydrogen-bond donors (Lipinski definition) is 2. The molecule has 0 saturated carbocycles. The summed E-state index contributed by atoms with van der Waals surface area (Å²) in [5.41, 5.74) is 0.514. The number of pyridine rings is 1. The number of aromatic amines is 1. The van der Waals surface area contributed by atoms with Crippen molar-refractivity contribution in [2.45, 2.75) is 19.4 Å². The molecule has 11 nitrogen and oxygen atoms in total. The molecule has 1 fully saturated rings. The smallest absolute Gasteiger partial charge is 0.295 e. The highest BCUT2D eigenvalue weighted by Gasteiger charge is 2.31. The van der Waals surface area contributed by atoms with Gasteiger partial charge in [0.15, 0.2) is 5.82 Å². The molecule has 1 aliphatic rings. The summed E-state index contributed by atoms with van der Waals surface area (Å²) in [5.74, 6) is -0.726. The van der Waals surface area contributed by atoms with E-state index in [1.165, 1.54) is 29.1 Å². The Morgan fingerprint density at radius 2 is 1.71 bits per heavy atom. The molecule has 4 aromatic rings. The number of carbonyl (C=O) groups is 3. The SMILES string of the molecule is COc1cnc(-n2ccc(C(C)(C)O)n2)c2[nH]cc(C(=O)C(=O)N3CCN(C(=O)c4ccccc4)CC3)c12. The van der Waals surface area contributed by atoms with Crippen LogP contribution in [-0.2, 0) is 10.4 Å². The molecule has 1 aromatic carbocycles. The zero-order chi connectivity index (χ0) is 27.0. The zero-order valence-electron chi connectivity index (χ0n) is 21.3. The maximum Gasteiger partial charge on any atom is 0.295 e. The maximum atomic E-state index is 13.4. The van der Waals surface area contributed by atoms with Gasteiger partial charge in [0.2, 0.25) is 0 Å². The van der Waals surface area contributed by atoms with E-state index in [0.717, 1.165) is 0 Å². The number of amides is 2. The minimum atomic E-state index is -1.14. The molecule has 0 aliphatic carbocycles. The number of nitrogens with one attached hydrogen (secondary N) is 1. The van der Waals surface area contributed by atoms with Crippen LogP contribution >= 0.6 is 0 Å². The van der Waals surface area contributed by atoms with Crippen LogP contribution in [0.15, 0.2) is 55.0 Å². The highest BCUT2D eigenvalue weighted by atomic mass is 16.5. The van der Waals surface area contributed by atoms with Gasteiger partial charge in [0, 0.05) is 44.1 Å². The molecular weight excluding hydrogens is 488 g/mol. The van der Waals surface area contributed by atoms with Gasteiger partial charge >= 0.3 is 0 Å². The number of carbonyl (C=O) groups excluding carboxylic acids is 3. The average molecular weight is 517 g/mol. The van der Waals surface area contributed by atoms with Crippen LogP contribution in [0.1, 0.15) is 40.3 Å². The molecule has 4 heterocycles.